The SMILES string of the molecule is CC(O)C(NCCCOc1ccccc1)c1c(C(=O)O)n(Cc2cccc(S(=O)(=O)N(C)C(F)(F)F)c2)c2ccccc12. The van der Waals surface area contributed by atoms with Crippen molar-refractivity contribution >= 4 is 26.9 Å². The first kappa shape index (κ1) is 32.0. The predicted octanol–water partition coefficient (Wildman–Crippen LogP) is 5.01. The lowest BCUT2D eigenvalue weighted by Gasteiger charge is -2.23. The van der Waals surface area contributed by atoms with E-state index >= 15 is 0 Å². The minimum absolute atomic E-state index is 0.138. The molecule has 1 aromatic heterocycles. The van der Waals surface area contributed by atoms with E-state index in [1.807, 2.05) is 30.3 Å². The van der Waals surface area contributed by atoms with Crippen LogP contribution in [0.25, 0.3) is 10.9 Å². The van der Waals surface area contributed by atoms with Crippen molar-refractivity contribution in [3.63, 3.8) is 0 Å². The number of benzene rings is 3. The van der Waals surface area contributed by atoms with Gasteiger partial charge in [-0.1, -0.05) is 48.5 Å². The van der Waals surface area contributed by atoms with E-state index in [9.17, 15) is 36.6 Å². The number of alkyl halides is 3. The van der Waals surface area contributed by atoms with Gasteiger partial charge in [-0.05, 0) is 55.8 Å². The van der Waals surface area contributed by atoms with E-state index in [1.165, 1.54) is 16.7 Å². The molecular formula is C30H32F3N3O6S. The Morgan fingerprint density at radius 3 is 2.37 bits per heavy atom. The number of nitrogens with zero attached hydrogens (tertiary/aromatic N) is 2. The standard InChI is InChI=1S/C30H32F3N3O6S/c1-20(37)27(34-16-9-17-42-22-11-4-3-5-12-22)26-24-14-6-7-15-25(24)36(28(26)29(38)39)19-21-10-8-13-23(18-21)43(40,41)35(2)30(31,32)33/h3-8,10-15,18,20,27,34,37H,9,16-17,19H2,1-2H3,(H,38,39). The summed E-state index contributed by atoms with van der Waals surface area (Å²) in [5, 5.41) is 24.9. The average molecular weight is 620 g/mol. The molecule has 43 heavy (non-hydrogen) atoms. The van der Waals surface area contributed by atoms with Gasteiger partial charge in [0.1, 0.15) is 11.4 Å². The third kappa shape index (κ3) is 7.19. The predicted molar refractivity (Wildman–Crippen MR) is 154 cm³/mol. The smallest absolute Gasteiger partial charge is 0.473 e. The van der Waals surface area contributed by atoms with Crippen LogP contribution in [0.3, 0.4) is 0 Å². The lowest BCUT2D eigenvalue weighted by atomic mass is 9.98. The topological polar surface area (TPSA) is 121 Å². The molecule has 0 fully saturated rings. The number of ether oxygens (including phenoxy) is 1. The summed E-state index contributed by atoms with van der Waals surface area (Å²) in [7, 11) is -4.48. The molecule has 0 aliphatic rings. The maximum absolute atomic E-state index is 13.2. The molecule has 0 aliphatic carbocycles. The van der Waals surface area contributed by atoms with Crippen molar-refractivity contribution in [2.75, 3.05) is 20.2 Å². The van der Waals surface area contributed by atoms with Crippen LogP contribution in [0, 0.1) is 0 Å². The largest absolute Gasteiger partial charge is 0.494 e. The van der Waals surface area contributed by atoms with Gasteiger partial charge in [-0.15, -0.1) is 4.31 Å². The molecule has 0 saturated carbocycles. The number of halogens is 3. The number of hydrogen-bond acceptors (Lipinski definition) is 6. The van der Waals surface area contributed by atoms with Crippen LogP contribution in [0.4, 0.5) is 13.2 Å². The van der Waals surface area contributed by atoms with E-state index in [1.54, 1.807) is 31.2 Å². The second-order valence-electron chi connectivity index (χ2n) is 9.95. The molecule has 0 amide bonds. The summed E-state index contributed by atoms with van der Waals surface area (Å²) in [6, 6.07) is 20.3. The van der Waals surface area contributed by atoms with Crippen molar-refractivity contribution in [2.45, 2.75) is 43.2 Å². The van der Waals surface area contributed by atoms with Gasteiger partial charge in [0.05, 0.1) is 23.6 Å². The highest BCUT2D eigenvalue weighted by Crippen LogP contribution is 2.34. The van der Waals surface area contributed by atoms with Gasteiger partial charge in [0.2, 0.25) is 10.0 Å². The van der Waals surface area contributed by atoms with Gasteiger partial charge in [0.25, 0.3) is 0 Å². The minimum Gasteiger partial charge on any atom is -0.494 e. The van der Waals surface area contributed by atoms with Gasteiger partial charge in [0.15, 0.2) is 0 Å². The zero-order valence-corrected chi connectivity index (χ0v) is 24.3. The zero-order chi connectivity index (χ0) is 31.4. The number of aromatic nitrogens is 1. The Morgan fingerprint density at radius 1 is 1.05 bits per heavy atom. The summed E-state index contributed by atoms with van der Waals surface area (Å²) in [5.74, 6) is -0.570. The van der Waals surface area contributed by atoms with Crippen molar-refractivity contribution in [1.82, 2.24) is 14.2 Å². The van der Waals surface area contributed by atoms with Gasteiger partial charge >= 0.3 is 12.3 Å². The van der Waals surface area contributed by atoms with Gasteiger partial charge in [-0.25, -0.2) is 13.2 Å². The van der Waals surface area contributed by atoms with Crippen LogP contribution in [-0.2, 0) is 16.6 Å². The number of aliphatic hydroxyl groups is 1. The van der Waals surface area contributed by atoms with Crippen molar-refractivity contribution < 1.29 is 41.3 Å². The lowest BCUT2D eigenvalue weighted by molar-refractivity contribution is -0.202. The fourth-order valence-corrected chi connectivity index (χ4v) is 6.01. The number of carboxylic acid groups (broad SMARTS) is 1. The summed E-state index contributed by atoms with van der Waals surface area (Å²) < 4.78 is 71.3. The number of para-hydroxylation sites is 2. The Kier molecular flexibility index (Phi) is 9.80. The van der Waals surface area contributed by atoms with Crippen LogP contribution < -0.4 is 10.1 Å². The van der Waals surface area contributed by atoms with E-state index in [0.29, 0.717) is 48.8 Å². The molecule has 0 bridgehead atoms. The van der Waals surface area contributed by atoms with Gasteiger partial charge < -0.3 is 24.8 Å². The van der Waals surface area contributed by atoms with Crippen molar-refractivity contribution in [3.8, 4) is 5.75 Å². The van der Waals surface area contributed by atoms with Crippen LogP contribution >= 0.6 is 0 Å². The van der Waals surface area contributed by atoms with E-state index in [4.69, 9.17) is 4.74 Å². The highest BCUT2D eigenvalue weighted by Gasteiger charge is 2.43. The van der Waals surface area contributed by atoms with E-state index in [0.717, 1.165) is 12.1 Å². The minimum atomic E-state index is -5.12. The molecule has 3 N–H and O–H groups in total. The van der Waals surface area contributed by atoms with Crippen molar-refractivity contribution in [3.05, 3.63) is 95.7 Å². The quantitative estimate of drug-likeness (QED) is 0.142. The number of aromatic carboxylic acids is 1. The second-order valence-corrected chi connectivity index (χ2v) is 11.9. The molecule has 0 saturated heterocycles. The number of sulfonamides is 1. The first-order valence-corrected chi connectivity index (χ1v) is 14.8. The Labute approximate surface area is 247 Å². The molecule has 1 heterocycles. The summed E-state index contributed by atoms with van der Waals surface area (Å²) in [4.78, 5) is 12.1. The average Bonchev–Trinajstić information content (AvgIpc) is 3.28. The highest BCUT2D eigenvalue weighted by molar-refractivity contribution is 7.89. The molecular weight excluding hydrogens is 587 g/mol. The zero-order valence-electron chi connectivity index (χ0n) is 23.5. The molecule has 13 heteroatoms. The van der Waals surface area contributed by atoms with Crippen molar-refractivity contribution in [1.29, 1.82) is 0 Å². The molecule has 2 atom stereocenters. The normalized spacial score (nSPS) is 13.7. The second kappa shape index (κ2) is 13.2. The molecule has 0 radical (unpaired) electrons. The van der Waals surface area contributed by atoms with E-state index in [-0.39, 0.29) is 17.8 Å². The highest BCUT2D eigenvalue weighted by atomic mass is 32.2. The molecule has 2 unspecified atom stereocenters. The molecule has 230 valence electrons. The lowest BCUT2D eigenvalue weighted by Crippen LogP contribution is -2.39. The summed E-state index contributed by atoms with van der Waals surface area (Å²) in [5.41, 5.74) is 0.963. The van der Waals surface area contributed by atoms with Gasteiger partial charge in [-0.2, -0.15) is 13.2 Å². The molecule has 4 rings (SSSR count). The number of fused-ring (bicyclic) bond motifs is 1. The third-order valence-electron chi connectivity index (χ3n) is 6.96. The van der Waals surface area contributed by atoms with Crippen LogP contribution in [0.2, 0.25) is 0 Å². The Morgan fingerprint density at radius 2 is 1.72 bits per heavy atom. The number of hydrogen-bond donors (Lipinski definition) is 3. The molecule has 9 nitrogen and oxygen atoms in total. The van der Waals surface area contributed by atoms with E-state index in [2.05, 4.69) is 5.32 Å². The van der Waals surface area contributed by atoms with Crippen molar-refractivity contribution in [2.24, 2.45) is 0 Å². The summed E-state index contributed by atoms with van der Waals surface area (Å²) in [6.07, 6.45) is -5.56. The molecule has 4 aromatic rings. The van der Waals surface area contributed by atoms with Crippen LogP contribution in [0.1, 0.15) is 41.0 Å². The van der Waals surface area contributed by atoms with Crippen LogP contribution in [-0.4, -0.2) is 66.1 Å². The number of rotatable bonds is 13. The third-order valence-corrected chi connectivity index (χ3v) is 8.74. The van der Waals surface area contributed by atoms with Crippen LogP contribution in [0.15, 0.2) is 83.8 Å². The van der Waals surface area contributed by atoms with Gasteiger partial charge in [0, 0.05) is 30.1 Å². The van der Waals surface area contributed by atoms with E-state index < -0.39 is 43.6 Å². The Balaban J connectivity index is 1.67. The fraction of sp³-hybridized carbons (Fsp3) is 0.300. The summed E-state index contributed by atoms with van der Waals surface area (Å²) in [6.45, 7) is 2.17. The monoisotopic (exact) mass is 619 g/mol. The molecule has 3 aromatic carbocycles. The molecule has 0 spiro atoms. The van der Waals surface area contributed by atoms with Gasteiger partial charge in [-0.3, -0.25) is 0 Å². The summed E-state index contributed by atoms with van der Waals surface area (Å²) >= 11 is 0. The Hall–Kier alpha value is -3.91. The number of carbonyl (C=O) groups is 1. The number of aliphatic hydroxyl groups excluding tert-OH is 1. The number of carboxylic acids is 1. The number of nitrogens with one attached hydrogen (secondary N) is 1. The maximum Gasteiger partial charge on any atom is 0.473 e. The van der Waals surface area contributed by atoms with Crippen LogP contribution in [0.5, 0.6) is 5.75 Å². The Bertz CT molecular complexity index is 1670. The molecule has 0 aliphatic heterocycles. The maximum atomic E-state index is 13.2. The first-order chi connectivity index (χ1) is 20.3. The fourth-order valence-electron chi connectivity index (χ4n) is 4.87. The first-order valence-electron chi connectivity index (χ1n) is 13.4.